The van der Waals surface area contributed by atoms with Crippen molar-refractivity contribution < 1.29 is 19.1 Å². The third kappa shape index (κ3) is 5.47. The van der Waals surface area contributed by atoms with Crippen molar-refractivity contribution in [2.45, 2.75) is 13.5 Å². The highest BCUT2D eigenvalue weighted by molar-refractivity contribution is 6.02. The van der Waals surface area contributed by atoms with Gasteiger partial charge in [-0.2, -0.15) is 5.10 Å². The number of methoxy groups -OCH3 is 2. The Morgan fingerprint density at radius 3 is 2.39 bits per heavy atom. The molecule has 1 aromatic heterocycles. The Bertz CT molecular complexity index is 1160. The topological polar surface area (TPSA) is 112 Å². The lowest BCUT2D eigenvalue weighted by Crippen LogP contribution is -2.31. The molecule has 0 spiro atoms. The molecule has 0 aliphatic heterocycles. The molecule has 9 nitrogen and oxygen atoms in total. The van der Waals surface area contributed by atoms with Crippen molar-refractivity contribution in [3.05, 3.63) is 76.2 Å². The van der Waals surface area contributed by atoms with Gasteiger partial charge in [0.2, 0.25) is 5.91 Å². The van der Waals surface area contributed by atoms with Crippen molar-refractivity contribution in [1.29, 1.82) is 0 Å². The van der Waals surface area contributed by atoms with Crippen molar-refractivity contribution in [1.82, 2.24) is 9.78 Å². The predicted molar refractivity (Wildman–Crippen MR) is 116 cm³/mol. The van der Waals surface area contributed by atoms with Crippen LogP contribution in [0.25, 0.3) is 0 Å². The average Bonchev–Trinajstić information content (AvgIpc) is 2.77. The summed E-state index contributed by atoms with van der Waals surface area (Å²) in [7, 11) is 2.99. The highest BCUT2D eigenvalue weighted by Gasteiger charge is 2.14. The molecule has 0 aliphatic carbocycles. The second-order valence-electron chi connectivity index (χ2n) is 6.65. The number of nitrogens with zero attached hydrogens (tertiary/aromatic N) is 2. The molecule has 9 heteroatoms. The number of rotatable bonds is 7. The van der Waals surface area contributed by atoms with Crippen LogP contribution < -0.4 is 25.7 Å². The second-order valence-corrected chi connectivity index (χ2v) is 6.65. The number of carbonyl (C=O) groups excluding carboxylic acids is 2. The monoisotopic (exact) mass is 422 g/mol. The van der Waals surface area contributed by atoms with Gasteiger partial charge >= 0.3 is 0 Å². The molecule has 0 fully saturated rings. The van der Waals surface area contributed by atoms with Crippen molar-refractivity contribution in [3.63, 3.8) is 0 Å². The van der Waals surface area contributed by atoms with Crippen LogP contribution in [0.3, 0.4) is 0 Å². The van der Waals surface area contributed by atoms with Crippen LogP contribution >= 0.6 is 0 Å². The SMILES string of the molecule is COc1ccc(NC(=O)Cn2nc(C(=O)Nc3ccc(C)cc3)ccc2=O)c(OC)c1. The van der Waals surface area contributed by atoms with Gasteiger partial charge in [0.15, 0.2) is 0 Å². The summed E-state index contributed by atoms with van der Waals surface area (Å²) in [6.45, 7) is 1.56. The van der Waals surface area contributed by atoms with Crippen molar-refractivity contribution in [2.75, 3.05) is 24.9 Å². The number of amides is 2. The minimum atomic E-state index is -0.510. The second kappa shape index (κ2) is 9.57. The summed E-state index contributed by atoms with van der Waals surface area (Å²) in [5, 5.41) is 9.39. The maximum Gasteiger partial charge on any atom is 0.276 e. The molecule has 1 heterocycles. The Kier molecular flexibility index (Phi) is 6.66. The van der Waals surface area contributed by atoms with E-state index in [2.05, 4.69) is 15.7 Å². The summed E-state index contributed by atoms with van der Waals surface area (Å²) >= 11 is 0. The predicted octanol–water partition coefficient (Wildman–Crippen LogP) is 2.46. The summed E-state index contributed by atoms with van der Waals surface area (Å²) in [4.78, 5) is 37.1. The van der Waals surface area contributed by atoms with Crippen LogP contribution in [0.4, 0.5) is 11.4 Å². The molecule has 0 radical (unpaired) electrons. The largest absolute Gasteiger partial charge is 0.497 e. The molecule has 2 N–H and O–H groups in total. The first kappa shape index (κ1) is 21.6. The Balaban J connectivity index is 1.73. The van der Waals surface area contributed by atoms with Crippen LogP contribution in [-0.2, 0) is 11.3 Å². The molecular weight excluding hydrogens is 400 g/mol. The van der Waals surface area contributed by atoms with Gasteiger partial charge in [0.1, 0.15) is 23.7 Å². The smallest absolute Gasteiger partial charge is 0.276 e. The lowest BCUT2D eigenvalue weighted by molar-refractivity contribution is -0.117. The van der Waals surface area contributed by atoms with Crippen LogP contribution in [0.2, 0.25) is 0 Å². The van der Waals surface area contributed by atoms with E-state index in [1.807, 2.05) is 19.1 Å². The Morgan fingerprint density at radius 1 is 0.968 bits per heavy atom. The van der Waals surface area contributed by atoms with E-state index in [-0.39, 0.29) is 12.2 Å². The van der Waals surface area contributed by atoms with Gasteiger partial charge in [-0.05, 0) is 37.3 Å². The van der Waals surface area contributed by atoms with E-state index in [0.29, 0.717) is 22.9 Å². The van der Waals surface area contributed by atoms with Gasteiger partial charge in [0, 0.05) is 17.8 Å². The first-order valence-electron chi connectivity index (χ1n) is 9.37. The molecule has 0 saturated heterocycles. The van der Waals surface area contributed by atoms with Gasteiger partial charge in [-0.1, -0.05) is 17.7 Å². The number of carbonyl (C=O) groups is 2. The van der Waals surface area contributed by atoms with E-state index in [0.717, 1.165) is 10.2 Å². The number of benzene rings is 2. The summed E-state index contributed by atoms with van der Waals surface area (Å²) < 4.78 is 11.3. The first-order valence-corrected chi connectivity index (χ1v) is 9.37. The number of aromatic nitrogens is 2. The van der Waals surface area contributed by atoms with Crippen LogP contribution in [0, 0.1) is 6.92 Å². The van der Waals surface area contributed by atoms with E-state index in [1.54, 1.807) is 30.3 Å². The molecule has 2 amide bonds. The van der Waals surface area contributed by atoms with Gasteiger partial charge in [-0.25, -0.2) is 4.68 Å². The molecule has 3 aromatic rings. The fourth-order valence-corrected chi connectivity index (χ4v) is 2.74. The highest BCUT2D eigenvalue weighted by Crippen LogP contribution is 2.28. The number of hydrogen-bond donors (Lipinski definition) is 2. The van der Waals surface area contributed by atoms with E-state index in [9.17, 15) is 14.4 Å². The van der Waals surface area contributed by atoms with Crippen molar-refractivity contribution in [3.8, 4) is 11.5 Å². The van der Waals surface area contributed by atoms with E-state index >= 15 is 0 Å². The van der Waals surface area contributed by atoms with Crippen LogP contribution in [0.15, 0.2) is 59.4 Å². The average molecular weight is 422 g/mol. The maximum atomic E-state index is 12.5. The fraction of sp³-hybridized carbons (Fsp3) is 0.182. The summed E-state index contributed by atoms with van der Waals surface area (Å²) in [5.74, 6) is -0.0248. The van der Waals surface area contributed by atoms with Gasteiger partial charge in [-0.15, -0.1) is 0 Å². The lowest BCUT2D eigenvalue weighted by atomic mass is 10.2. The molecule has 3 rings (SSSR count). The third-order valence-corrected chi connectivity index (χ3v) is 4.38. The van der Waals surface area contributed by atoms with Crippen LogP contribution in [-0.4, -0.2) is 35.8 Å². The van der Waals surface area contributed by atoms with Crippen molar-refractivity contribution in [2.24, 2.45) is 0 Å². The Morgan fingerprint density at radius 2 is 1.71 bits per heavy atom. The Labute approximate surface area is 178 Å². The van der Waals surface area contributed by atoms with E-state index in [1.165, 1.54) is 26.4 Å². The zero-order valence-electron chi connectivity index (χ0n) is 17.3. The third-order valence-electron chi connectivity index (χ3n) is 4.38. The molecule has 0 unspecified atom stereocenters. The Hall–Kier alpha value is -4.14. The van der Waals surface area contributed by atoms with Gasteiger partial charge < -0.3 is 20.1 Å². The van der Waals surface area contributed by atoms with Gasteiger partial charge in [-0.3, -0.25) is 14.4 Å². The minimum absolute atomic E-state index is 0.00926. The molecule has 0 bridgehead atoms. The molecular formula is C22H22N4O5. The zero-order chi connectivity index (χ0) is 22.4. The molecule has 31 heavy (non-hydrogen) atoms. The highest BCUT2D eigenvalue weighted by atomic mass is 16.5. The molecule has 2 aromatic carbocycles. The zero-order valence-corrected chi connectivity index (χ0v) is 17.3. The molecule has 0 saturated carbocycles. The van der Waals surface area contributed by atoms with Crippen LogP contribution in [0.5, 0.6) is 11.5 Å². The number of nitrogens with one attached hydrogen (secondary N) is 2. The molecule has 160 valence electrons. The van der Waals surface area contributed by atoms with E-state index < -0.39 is 17.4 Å². The first-order chi connectivity index (χ1) is 14.9. The summed E-state index contributed by atoms with van der Waals surface area (Å²) in [6, 6.07) is 14.7. The number of anilines is 2. The lowest BCUT2D eigenvalue weighted by Gasteiger charge is -2.12. The van der Waals surface area contributed by atoms with E-state index in [4.69, 9.17) is 9.47 Å². The van der Waals surface area contributed by atoms with Gasteiger partial charge in [0.05, 0.1) is 19.9 Å². The summed E-state index contributed by atoms with van der Waals surface area (Å²) in [6.07, 6.45) is 0. The fourth-order valence-electron chi connectivity index (χ4n) is 2.74. The maximum absolute atomic E-state index is 12.5. The molecule has 0 aliphatic rings. The quantitative estimate of drug-likeness (QED) is 0.605. The summed E-state index contributed by atoms with van der Waals surface area (Å²) in [5.41, 5.74) is 1.57. The number of ether oxygens (including phenoxy) is 2. The van der Waals surface area contributed by atoms with Gasteiger partial charge in [0.25, 0.3) is 11.5 Å². The number of aryl methyl sites for hydroxylation is 1. The minimum Gasteiger partial charge on any atom is -0.497 e. The molecule has 0 atom stereocenters. The number of hydrogen-bond acceptors (Lipinski definition) is 6. The normalized spacial score (nSPS) is 10.3. The van der Waals surface area contributed by atoms with Crippen LogP contribution in [0.1, 0.15) is 16.1 Å². The van der Waals surface area contributed by atoms with Crippen molar-refractivity contribution >= 4 is 23.2 Å². The standard InChI is InChI=1S/C22H22N4O5/c1-14-4-6-15(7-5-14)23-22(29)18-10-11-21(28)26(25-18)13-20(27)24-17-9-8-16(30-2)12-19(17)31-3/h4-12H,13H2,1-3H3,(H,23,29)(H,24,27).